The maximum absolute atomic E-state index is 12.8. The standard InChI is InChI=1S/C20H19NO3/c22-19-15-9-4-5-11-17(15)21(18-12-6-10-16(18)19)20(23)24-13-14-7-2-1-3-8-14/h1-5,7-9,11,16,18H,6,10,12-13H2/t16-,18+/m1/s1. The summed E-state index contributed by atoms with van der Waals surface area (Å²) < 4.78 is 5.54. The molecule has 24 heavy (non-hydrogen) atoms. The highest BCUT2D eigenvalue weighted by Crippen LogP contribution is 2.42. The minimum atomic E-state index is -0.365. The van der Waals surface area contributed by atoms with Gasteiger partial charge in [-0.3, -0.25) is 9.69 Å². The Hall–Kier alpha value is -2.62. The van der Waals surface area contributed by atoms with Crippen LogP contribution in [0.3, 0.4) is 0 Å². The van der Waals surface area contributed by atoms with E-state index in [0.717, 1.165) is 24.8 Å². The summed E-state index contributed by atoms with van der Waals surface area (Å²) in [6, 6.07) is 16.9. The van der Waals surface area contributed by atoms with E-state index < -0.39 is 0 Å². The molecule has 2 aliphatic rings. The van der Waals surface area contributed by atoms with Crippen LogP contribution in [0, 0.1) is 5.92 Å². The van der Waals surface area contributed by atoms with Crippen molar-refractivity contribution in [2.24, 2.45) is 5.92 Å². The molecule has 0 N–H and O–H groups in total. The van der Waals surface area contributed by atoms with Gasteiger partial charge in [-0.1, -0.05) is 48.9 Å². The molecule has 4 nitrogen and oxygen atoms in total. The van der Waals surface area contributed by atoms with Gasteiger partial charge in [0.2, 0.25) is 0 Å². The summed E-state index contributed by atoms with van der Waals surface area (Å²) in [4.78, 5) is 27.1. The van der Waals surface area contributed by atoms with Gasteiger partial charge in [0, 0.05) is 11.5 Å². The predicted octanol–water partition coefficient (Wildman–Crippen LogP) is 4.19. The first-order valence-electron chi connectivity index (χ1n) is 8.39. The Morgan fingerprint density at radius 1 is 1.04 bits per heavy atom. The number of hydrogen-bond donors (Lipinski definition) is 0. The molecule has 2 aromatic rings. The molecule has 4 rings (SSSR count). The van der Waals surface area contributed by atoms with E-state index >= 15 is 0 Å². The van der Waals surface area contributed by atoms with Crippen LogP contribution in [0.2, 0.25) is 0 Å². The van der Waals surface area contributed by atoms with E-state index in [4.69, 9.17) is 4.74 Å². The van der Waals surface area contributed by atoms with Crippen LogP contribution >= 0.6 is 0 Å². The number of Topliss-reactive ketones (excluding diaryl/α,β-unsaturated/α-hetero) is 1. The van der Waals surface area contributed by atoms with Gasteiger partial charge in [0.15, 0.2) is 5.78 Å². The van der Waals surface area contributed by atoms with Crippen molar-refractivity contribution in [2.45, 2.75) is 31.9 Å². The van der Waals surface area contributed by atoms with Gasteiger partial charge >= 0.3 is 6.09 Å². The average molecular weight is 321 g/mol. The topological polar surface area (TPSA) is 46.6 Å². The number of fused-ring (bicyclic) bond motifs is 2. The van der Waals surface area contributed by atoms with E-state index in [0.29, 0.717) is 11.3 Å². The Bertz CT molecular complexity index is 771. The second kappa shape index (κ2) is 6.11. The smallest absolute Gasteiger partial charge is 0.414 e. The van der Waals surface area contributed by atoms with E-state index in [2.05, 4.69) is 0 Å². The quantitative estimate of drug-likeness (QED) is 0.833. The summed E-state index contributed by atoms with van der Waals surface area (Å²) in [6.07, 6.45) is 2.30. The zero-order valence-corrected chi connectivity index (χ0v) is 13.4. The molecule has 1 amide bonds. The fourth-order valence-corrected chi connectivity index (χ4v) is 3.85. The monoisotopic (exact) mass is 321 g/mol. The van der Waals surface area contributed by atoms with Crippen molar-refractivity contribution in [2.75, 3.05) is 4.90 Å². The molecule has 0 saturated heterocycles. The van der Waals surface area contributed by atoms with Gasteiger partial charge in [0.05, 0.1) is 11.7 Å². The fraction of sp³-hybridized carbons (Fsp3) is 0.300. The zero-order valence-electron chi connectivity index (χ0n) is 13.4. The van der Waals surface area contributed by atoms with Crippen LogP contribution in [0.25, 0.3) is 0 Å². The lowest BCUT2D eigenvalue weighted by Crippen LogP contribution is -2.49. The number of anilines is 1. The maximum atomic E-state index is 12.8. The summed E-state index contributed by atoms with van der Waals surface area (Å²) >= 11 is 0. The summed E-state index contributed by atoms with van der Waals surface area (Å²) in [5, 5.41) is 0. The third-order valence-corrected chi connectivity index (χ3v) is 4.98. The Morgan fingerprint density at radius 3 is 2.62 bits per heavy atom. The number of rotatable bonds is 2. The SMILES string of the molecule is O=C1c2ccccc2N(C(=O)OCc2ccccc2)[C@H]2CCC[C@@H]12. The minimum absolute atomic E-state index is 0.0735. The third-order valence-electron chi connectivity index (χ3n) is 4.98. The third kappa shape index (κ3) is 2.48. The van der Waals surface area contributed by atoms with Gasteiger partial charge < -0.3 is 4.74 Å². The molecule has 1 heterocycles. The van der Waals surface area contributed by atoms with E-state index in [1.54, 1.807) is 4.90 Å². The number of nitrogens with zero attached hydrogens (tertiary/aromatic N) is 1. The number of amides is 1. The number of hydrogen-bond acceptors (Lipinski definition) is 3. The molecule has 2 atom stereocenters. The van der Waals surface area contributed by atoms with E-state index in [-0.39, 0.29) is 30.4 Å². The van der Waals surface area contributed by atoms with E-state index in [1.165, 1.54) is 0 Å². The maximum Gasteiger partial charge on any atom is 0.414 e. The first kappa shape index (κ1) is 14.9. The molecule has 0 aromatic heterocycles. The average Bonchev–Trinajstić information content (AvgIpc) is 3.11. The van der Waals surface area contributed by atoms with Crippen LogP contribution in [0.15, 0.2) is 54.6 Å². The molecule has 2 aromatic carbocycles. The molecule has 1 aliphatic heterocycles. The van der Waals surface area contributed by atoms with Crippen molar-refractivity contribution in [1.29, 1.82) is 0 Å². The fourth-order valence-electron chi connectivity index (χ4n) is 3.85. The molecule has 0 unspecified atom stereocenters. The molecule has 4 heteroatoms. The number of carbonyl (C=O) groups is 2. The summed E-state index contributed by atoms with van der Waals surface area (Å²) in [5.74, 6) is 0.0735. The van der Waals surface area contributed by atoms with Crippen LogP contribution in [0.5, 0.6) is 0 Å². The highest BCUT2D eigenvalue weighted by atomic mass is 16.6. The van der Waals surface area contributed by atoms with Crippen molar-refractivity contribution in [3.05, 3.63) is 65.7 Å². The van der Waals surface area contributed by atoms with Crippen molar-refractivity contribution >= 4 is 17.6 Å². The Kier molecular flexibility index (Phi) is 3.81. The van der Waals surface area contributed by atoms with Crippen molar-refractivity contribution < 1.29 is 14.3 Å². The molecule has 122 valence electrons. The number of carbonyl (C=O) groups excluding carboxylic acids is 2. The van der Waals surface area contributed by atoms with Gasteiger partial charge in [-0.2, -0.15) is 0 Å². The molecule has 1 saturated carbocycles. The summed E-state index contributed by atoms with van der Waals surface area (Å²) in [5.41, 5.74) is 2.27. The van der Waals surface area contributed by atoms with Crippen molar-refractivity contribution in [1.82, 2.24) is 0 Å². The molecule has 0 radical (unpaired) electrons. The van der Waals surface area contributed by atoms with Gasteiger partial charge in [0.25, 0.3) is 0 Å². The normalized spacial score (nSPS) is 22.0. The van der Waals surface area contributed by atoms with Gasteiger partial charge in [-0.15, -0.1) is 0 Å². The van der Waals surface area contributed by atoms with Crippen LogP contribution in [-0.2, 0) is 11.3 Å². The number of ether oxygens (including phenoxy) is 1. The molecule has 1 aliphatic carbocycles. The lowest BCUT2D eigenvalue weighted by atomic mass is 9.86. The second-order valence-electron chi connectivity index (χ2n) is 6.40. The number of para-hydroxylation sites is 1. The molecule has 0 spiro atoms. The molecular formula is C20H19NO3. The molecule has 0 bridgehead atoms. The zero-order chi connectivity index (χ0) is 16.5. The van der Waals surface area contributed by atoms with Gasteiger partial charge in [-0.05, 0) is 30.5 Å². The summed E-state index contributed by atoms with van der Waals surface area (Å²) in [6.45, 7) is 0.240. The van der Waals surface area contributed by atoms with Crippen LogP contribution < -0.4 is 4.90 Å². The summed E-state index contributed by atoms with van der Waals surface area (Å²) in [7, 11) is 0. The van der Waals surface area contributed by atoms with Crippen LogP contribution in [0.4, 0.5) is 10.5 Å². The Morgan fingerprint density at radius 2 is 1.79 bits per heavy atom. The van der Waals surface area contributed by atoms with Crippen LogP contribution in [0.1, 0.15) is 35.2 Å². The highest BCUT2D eigenvalue weighted by Gasteiger charge is 2.45. The minimum Gasteiger partial charge on any atom is -0.444 e. The van der Waals surface area contributed by atoms with Crippen LogP contribution in [-0.4, -0.2) is 17.9 Å². The predicted molar refractivity (Wildman–Crippen MR) is 91.0 cm³/mol. The van der Waals surface area contributed by atoms with Crippen molar-refractivity contribution in [3.63, 3.8) is 0 Å². The first-order valence-corrected chi connectivity index (χ1v) is 8.39. The van der Waals surface area contributed by atoms with E-state index in [1.807, 2.05) is 54.6 Å². The highest BCUT2D eigenvalue weighted by molar-refractivity contribution is 6.09. The van der Waals surface area contributed by atoms with Gasteiger partial charge in [-0.25, -0.2) is 4.79 Å². The second-order valence-corrected chi connectivity index (χ2v) is 6.40. The lowest BCUT2D eigenvalue weighted by molar-refractivity contribution is 0.0895. The Balaban J connectivity index is 1.61. The van der Waals surface area contributed by atoms with E-state index in [9.17, 15) is 9.59 Å². The molecular weight excluding hydrogens is 302 g/mol. The molecule has 1 fully saturated rings. The van der Waals surface area contributed by atoms with Gasteiger partial charge in [0.1, 0.15) is 6.61 Å². The van der Waals surface area contributed by atoms with Crippen molar-refractivity contribution in [3.8, 4) is 0 Å². The lowest BCUT2D eigenvalue weighted by Gasteiger charge is -2.37. The number of benzene rings is 2. The Labute approximate surface area is 141 Å². The largest absolute Gasteiger partial charge is 0.444 e. The first-order chi connectivity index (χ1) is 11.8. The number of ketones is 1.